The molecule has 47 heavy (non-hydrogen) atoms. The highest BCUT2D eigenvalue weighted by Gasteiger charge is 2.67. The minimum absolute atomic E-state index is 0.0592. The molecule has 2 aromatic rings. The van der Waals surface area contributed by atoms with E-state index >= 15 is 4.39 Å². The zero-order chi connectivity index (χ0) is 34.7. The molecule has 0 radical (unpaired) electrons. The van der Waals surface area contributed by atoms with Gasteiger partial charge in [0.25, 0.3) is 0 Å². The van der Waals surface area contributed by atoms with Crippen LogP contribution in [0.5, 0.6) is 0 Å². The van der Waals surface area contributed by atoms with Crippen molar-refractivity contribution in [3.05, 3.63) is 63.4 Å². The number of benzene rings is 2. The van der Waals surface area contributed by atoms with Gasteiger partial charge in [-0.25, -0.2) is 9.18 Å². The van der Waals surface area contributed by atoms with Gasteiger partial charge in [-0.05, 0) is 74.0 Å². The van der Waals surface area contributed by atoms with Crippen LogP contribution in [-0.4, -0.2) is 75.9 Å². The summed E-state index contributed by atoms with van der Waals surface area (Å²) in [6.45, 7) is -0.361. The van der Waals surface area contributed by atoms with Gasteiger partial charge in [0.05, 0.1) is 23.8 Å². The first-order valence-corrected chi connectivity index (χ1v) is 16.3. The van der Waals surface area contributed by atoms with Crippen molar-refractivity contribution < 1.29 is 47.3 Å². The predicted octanol–water partition coefficient (Wildman–Crippen LogP) is 6.49. The van der Waals surface area contributed by atoms with Crippen molar-refractivity contribution in [1.29, 1.82) is 0 Å². The molecule has 14 heteroatoms. The number of hydrogen-bond acceptors (Lipinski definition) is 6. The van der Waals surface area contributed by atoms with Crippen LogP contribution < -0.4 is 5.32 Å². The lowest BCUT2D eigenvalue weighted by molar-refractivity contribution is -0.192. The second-order valence-electron chi connectivity index (χ2n) is 12.5. The molecule has 1 saturated carbocycles. The number of rotatable bonds is 10. The molecule has 1 amide bonds. The molecule has 2 heterocycles. The fraction of sp³-hybridized carbons (Fsp3) is 0.545. The van der Waals surface area contributed by atoms with Crippen LogP contribution in [0, 0.1) is 11.7 Å². The molecule has 1 spiro atoms. The molecule has 0 unspecified atom stereocenters. The Morgan fingerprint density at radius 3 is 2.38 bits per heavy atom. The van der Waals surface area contributed by atoms with Crippen molar-refractivity contribution in [3.63, 3.8) is 0 Å². The highest BCUT2D eigenvalue weighted by atomic mass is 35.5. The van der Waals surface area contributed by atoms with Gasteiger partial charge < -0.3 is 20.6 Å². The summed E-state index contributed by atoms with van der Waals surface area (Å²) in [5, 5.41) is 29.6. The van der Waals surface area contributed by atoms with Gasteiger partial charge in [-0.3, -0.25) is 14.5 Å². The van der Waals surface area contributed by atoms with E-state index in [2.05, 4.69) is 5.32 Å². The van der Waals surface area contributed by atoms with Gasteiger partial charge in [0.15, 0.2) is 5.78 Å². The Hall–Kier alpha value is -2.77. The SMILES string of the molecule is CN1[C@@H](C(=O)CCC[C@H](O)CO)[C@H](c2cccc(Cl)c2)[C@@]2(C(=O)Nc3cc(Cl)c(F)cc32)[C@H]1CCC1CCCC1.O=C(O)C(F)(F)F. The maximum absolute atomic E-state index is 15.1. The average molecular weight is 706 g/mol. The Balaban J connectivity index is 0.000000644. The molecule has 1 saturated heterocycles. The van der Waals surface area contributed by atoms with Crippen LogP contribution in [0.2, 0.25) is 10.0 Å². The first-order valence-electron chi connectivity index (χ1n) is 15.5. The number of aliphatic hydroxyl groups excluding tert-OH is 2. The molecule has 8 nitrogen and oxygen atoms in total. The summed E-state index contributed by atoms with van der Waals surface area (Å²) in [4.78, 5) is 39.3. The number of aliphatic hydroxyl groups is 2. The number of anilines is 1. The van der Waals surface area contributed by atoms with E-state index in [-0.39, 0.29) is 35.8 Å². The monoisotopic (exact) mass is 704 g/mol. The van der Waals surface area contributed by atoms with Crippen LogP contribution in [0.1, 0.15) is 74.8 Å². The van der Waals surface area contributed by atoms with E-state index < -0.39 is 41.4 Å². The molecule has 2 fully saturated rings. The van der Waals surface area contributed by atoms with Gasteiger partial charge in [0, 0.05) is 29.1 Å². The summed E-state index contributed by atoms with van der Waals surface area (Å²) >= 11 is 12.6. The number of alkyl halides is 3. The minimum atomic E-state index is -5.08. The van der Waals surface area contributed by atoms with Crippen molar-refractivity contribution in [2.45, 2.75) is 93.5 Å². The van der Waals surface area contributed by atoms with Gasteiger partial charge in [-0.1, -0.05) is 61.0 Å². The zero-order valence-electron chi connectivity index (χ0n) is 25.7. The van der Waals surface area contributed by atoms with E-state index in [0.29, 0.717) is 41.5 Å². The molecule has 2 aliphatic heterocycles. The molecule has 5 atom stereocenters. The van der Waals surface area contributed by atoms with E-state index in [4.69, 9.17) is 33.1 Å². The normalized spacial score (nSPS) is 25.0. The smallest absolute Gasteiger partial charge is 0.475 e. The van der Waals surface area contributed by atoms with Gasteiger partial charge in [-0.2, -0.15) is 13.2 Å². The fourth-order valence-electron chi connectivity index (χ4n) is 7.62. The van der Waals surface area contributed by atoms with Crippen molar-refractivity contribution in [2.24, 2.45) is 5.92 Å². The molecular weight excluding hydrogens is 667 g/mol. The maximum Gasteiger partial charge on any atom is 0.490 e. The molecule has 258 valence electrons. The number of hydrogen-bond donors (Lipinski definition) is 4. The van der Waals surface area contributed by atoms with Crippen molar-refractivity contribution in [3.8, 4) is 0 Å². The van der Waals surface area contributed by atoms with E-state index in [1.165, 1.54) is 25.0 Å². The van der Waals surface area contributed by atoms with E-state index in [0.717, 1.165) is 24.8 Å². The molecule has 1 aliphatic carbocycles. The lowest BCUT2D eigenvalue weighted by Crippen LogP contribution is -2.48. The van der Waals surface area contributed by atoms with Crippen molar-refractivity contribution >= 4 is 46.5 Å². The lowest BCUT2D eigenvalue weighted by atomic mass is 9.63. The highest BCUT2D eigenvalue weighted by molar-refractivity contribution is 6.31. The molecular formula is C33H38Cl2F4N2O6. The quantitative estimate of drug-likeness (QED) is 0.209. The topological polar surface area (TPSA) is 127 Å². The third-order valence-corrected chi connectivity index (χ3v) is 10.2. The number of amides is 1. The van der Waals surface area contributed by atoms with E-state index in [9.17, 15) is 33.0 Å². The number of Topliss-reactive ketones (excluding diaryl/α,β-unsaturated/α-hetero) is 1. The Morgan fingerprint density at radius 1 is 1.13 bits per heavy atom. The van der Waals surface area contributed by atoms with Gasteiger partial charge >= 0.3 is 12.1 Å². The van der Waals surface area contributed by atoms with Gasteiger partial charge in [-0.15, -0.1) is 0 Å². The summed E-state index contributed by atoms with van der Waals surface area (Å²) < 4.78 is 46.8. The third-order valence-electron chi connectivity index (χ3n) is 9.67. The van der Waals surface area contributed by atoms with Crippen LogP contribution in [-0.2, 0) is 19.8 Å². The Bertz CT molecular complexity index is 1470. The van der Waals surface area contributed by atoms with Crippen LogP contribution >= 0.6 is 23.2 Å². The van der Waals surface area contributed by atoms with E-state index in [1.54, 1.807) is 12.1 Å². The minimum Gasteiger partial charge on any atom is -0.475 e. The highest BCUT2D eigenvalue weighted by Crippen LogP contribution is 2.59. The number of carboxylic acid groups (broad SMARTS) is 1. The number of aliphatic carboxylic acids is 1. The number of ketones is 1. The Kier molecular flexibility index (Phi) is 12.0. The number of carbonyl (C=O) groups is 3. The first-order chi connectivity index (χ1) is 22.1. The number of likely N-dealkylation sites (N-methyl/N-ethyl adjacent to an activating group) is 1. The number of likely N-dealkylation sites (tertiary alicyclic amines) is 1. The van der Waals surface area contributed by atoms with Crippen LogP contribution in [0.15, 0.2) is 36.4 Å². The van der Waals surface area contributed by atoms with Crippen molar-refractivity contribution in [2.75, 3.05) is 19.0 Å². The zero-order valence-corrected chi connectivity index (χ0v) is 27.2. The number of carboxylic acids is 1. The van der Waals surface area contributed by atoms with Gasteiger partial charge in [0.1, 0.15) is 11.2 Å². The standard InChI is InChI=1S/C31H37Cl2FN2O4.C2HF3O2/c1-36-27(13-12-18-6-2-3-7-18)31(22-15-24(34)23(33)16-25(22)35-30(31)40)28(19-8-4-9-20(32)14-19)29(36)26(39)11-5-10-21(38)17-37;3-2(4,5)1(6)7/h4,8-9,14-16,18,21,27-29,37-38H,2-3,5-7,10-13,17H2,1H3,(H,35,40);(H,6,7)/t21-,27+,28-,29-,31-;/m0./s1. The number of fused-ring (bicyclic) bond motifs is 2. The van der Waals surface area contributed by atoms with Crippen LogP contribution in [0.25, 0.3) is 0 Å². The number of nitrogens with one attached hydrogen (secondary N) is 1. The summed E-state index contributed by atoms with van der Waals surface area (Å²) in [6.07, 6.45) is 1.23. The van der Waals surface area contributed by atoms with E-state index in [1.807, 2.05) is 24.1 Å². The molecule has 0 aromatic heterocycles. The first kappa shape index (κ1) is 37.1. The number of nitrogens with zero attached hydrogens (tertiary/aromatic N) is 1. The van der Waals surface area contributed by atoms with Crippen LogP contribution in [0.3, 0.4) is 0 Å². The summed E-state index contributed by atoms with van der Waals surface area (Å²) in [7, 11) is 1.90. The van der Waals surface area contributed by atoms with Crippen LogP contribution in [0.4, 0.5) is 23.2 Å². The second kappa shape index (κ2) is 15.2. The van der Waals surface area contributed by atoms with Gasteiger partial charge in [0.2, 0.25) is 5.91 Å². The van der Waals surface area contributed by atoms with Crippen molar-refractivity contribution in [1.82, 2.24) is 4.90 Å². The average Bonchev–Trinajstić information content (AvgIpc) is 3.68. The number of carbonyl (C=O) groups excluding carboxylic acids is 2. The predicted molar refractivity (Wildman–Crippen MR) is 168 cm³/mol. The molecule has 3 aliphatic rings. The second-order valence-corrected chi connectivity index (χ2v) is 13.4. The Morgan fingerprint density at radius 2 is 1.79 bits per heavy atom. The largest absolute Gasteiger partial charge is 0.490 e. The lowest BCUT2D eigenvalue weighted by Gasteiger charge is -2.36. The third kappa shape index (κ3) is 7.77. The summed E-state index contributed by atoms with van der Waals surface area (Å²) in [5.41, 5.74) is 0.513. The number of halogens is 6. The summed E-state index contributed by atoms with van der Waals surface area (Å²) in [6, 6.07) is 9.05. The Labute approximate surface area is 280 Å². The molecule has 5 rings (SSSR count). The molecule has 2 aromatic carbocycles. The molecule has 0 bridgehead atoms. The summed E-state index contributed by atoms with van der Waals surface area (Å²) in [5.74, 6) is -3.74. The maximum atomic E-state index is 15.1. The fourth-order valence-corrected chi connectivity index (χ4v) is 7.98. The molecule has 4 N–H and O–H groups in total.